The molecule has 1 saturated heterocycles. The molecule has 1 heterocycles. The van der Waals surface area contributed by atoms with Crippen LogP contribution in [0, 0.1) is 5.41 Å². The van der Waals surface area contributed by atoms with Crippen molar-refractivity contribution >= 4 is 0 Å². The summed E-state index contributed by atoms with van der Waals surface area (Å²) in [5.74, 6) is 0. The van der Waals surface area contributed by atoms with Crippen LogP contribution in [0.2, 0.25) is 0 Å². The molecule has 0 bridgehead atoms. The first-order valence-corrected chi connectivity index (χ1v) is 7.05. The van der Waals surface area contributed by atoms with Crippen molar-refractivity contribution in [2.45, 2.75) is 51.5 Å². The molecule has 0 radical (unpaired) electrons. The van der Waals surface area contributed by atoms with Gasteiger partial charge in [0.1, 0.15) is 0 Å². The third-order valence-electron chi connectivity index (χ3n) is 5.48. The highest BCUT2D eigenvalue weighted by molar-refractivity contribution is 5.39. The minimum atomic E-state index is 0.203. The number of nitrogens with one attached hydrogen (secondary N) is 1. The lowest BCUT2D eigenvalue weighted by molar-refractivity contribution is 0.0249. The number of fused-ring (bicyclic) bond motifs is 3. The van der Waals surface area contributed by atoms with Crippen LogP contribution in [0.1, 0.15) is 50.7 Å². The zero-order chi connectivity index (χ0) is 11.9. The number of aryl methyl sites for hydroxylation is 1. The minimum absolute atomic E-state index is 0.203. The van der Waals surface area contributed by atoms with E-state index >= 15 is 0 Å². The van der Waals surface area contributed by atoms with Crippen molar-refractivity contribution in [2.24, 2.45) is 5.41 Å². The van der Waals surface area contributed by atoms with E-state index in [2.05, 4.69) is 43.4 Å². The molecule has 0 unspecified atom stereocenters. The first-order chi connectivity index (χ1) is 8.22. The maximum atomic E-state index is 3.85. The molecule has 2 aliphatic rings. The zero-order valence-corrected chi connectivity index (χ0v) is 11.1. The lowest BCUT2D eigenvalue weighted by atomic mass is 9.55. The van der Waals surface area contributed by atoms with Crippen LogP contribution in [0.4, 0.5) is 0 Å². The minimum Gasteiger partial charge on any atom is -0.307 e. The van der Waals surface area contributed by atoms with E-state index in [4.69, 9.17) is 0 Å². The SMILES string of the molecule is CC[C@]12CCCN[C@@]1(C)c1ccccc1CC2. The van der Waals surface area contributed by atoms with Crippen molar-refractivity contribution in [3.8, 4) is 0 Å². The molecule has 1 aliphatic carbocycles. The quantitative estimate of drug-likeness (QED) is 0.775. The predicted molar refractivity (Wildman–Crippen MR) is 72.1 cm³/mol. The van der Waals surface area contributed by atoms with Crippen LogP contribution in [-0.2, 0) is 12.0 Å². The van der Waals surface area contributed by atoms with Crippen molar-refractivity contribution < 1.29 is 0 Å². The molecule has 2 atom stereocenters. The second-order valence-electron chi connectivity index (χ2n) is 5.95. The second kappa shape index (κ2) is 3.84. The van der Waals surface area contributed by atoms with Gasteiger partial charge < -0.3 is 5.32 Å². The van der Waals surface area contributed by atoms with Gasteiger partial charge in [-0.25, -0.2) is 0 Å². The van der Waals surface area contributed by atoms with Gasteiger partial charge in [-0.1, -0.05) is 31.2 Å². The molecule has 1 heteroatoms. The summed E-state index contributed by atoms with van der Waals surface area (Å²) in [5.41, 5.74) is 3.82. The summed E-state index contributed by atoms with van der Waals surface area (Å²) < 4.78 is 0. The lowest BCUT2D eigenvalue weighted by Gasteiger charge is -2.56. The number of rotatable bonds is 1. The fourth-order valence-corrected chi connectivity index (χ4v) is 4.27. The van der Waals surface area contributed by atoms with Gasteiger partial charge in [-0.15, -0.1) is 0 Å². The highest BCUT2D eigenvalue weighted by Crippen LogP contribution is 2.54. The molecule has 1 aromatic carbocycles. The lowest BCUT2D eigenvalue weighted by Crippen LogP contribution is -2.59. The molecule has 0 amide bonds. The van der Waals surface area contributed by atoms with Gasteiger partial charge in [-0.05, 0) is 62.1 Å². The Labute approximate surface area is 105 Å². The summed E-state index contributed by atoms with van der Waals surface area (Å²) in [6, 6.07) is 9.05. The number of hydrogen-bond acceptors (Lipinski definition) is 1. The molecule has 17 heavy (non-hydrogen) atoms. The maximum Gasteiger partial charge on any atom is 0.0465 e. The molecule has 0 aromatic heterocycles. The van der Waals surface area contributed by atoms with E-state index in [9.17, 15) is 0 Å². The fraction of sp³-hybridized carbons (Fsp3) is 0.625. The molecule has 1 aliphatic heterocycles. The summed E-state index contributed by atoms with van der Waals surface area (Å²) in [6.45, 7) is 5.99. The van der Waals surface area contributed by atoms with Crippen molar-refractivity contribution in [3.63, 3.8) is 0 Å². The highest BCUT2D eigenvalue weighted by atomic mass is 15.0. The van der Waals surface area contributed by atoms with E-state index < -0.39 is 0 Å². The Hall–Kier alpha value is -0.820. The summed E-state index contributed by atoms with van der Waals surface area (Å²) in [5, 5.41) is 3.85. The Morgan fingerprint density at radius 1 is 1.24 bits per heavy atom. The summed E-state index contributed by atoms with van der Waals surface area (Å²) >= 11 is 0. The molecule has 1 aromatic rings. The van der Waals surface area contributed by atoms with Gasteiger partial charge in [0.05, 0.1) is 0 Å². The number of benzene rings is 1. The van der Waals surface area contributed by atoms with E-state index in [1.807, 2.05) is 0 Å². The van der Waals surface area contributed by atoms with Crippen LogP contribution in [0.5, 0.6) is 0 Å². The molecule has 1 N–H and O–H groups in total. The molecular formula is C16H23N. The van der Waals surface area contributed by atoms with Crippen LogP contribution in [0.25, 0.3) is 0 Å². The summed E-state index contributed by atoms with van der Waals surface area (Å²) in [7, 11) is 0. The normalized spacial score (nSPS) is 36.1. The van der Waals surface area contributed by atoms with Crippen LogP contribution in [0.15, 0.2) is 24.3 Å². The molecule has 1 fully saturated rings. The van der Waals surface area contributed by atoms with Gasteiger partial charge in [0, 0.05) is 5.54 Å². The monoisotopic (exact) mass is 229 g/mol. The average Bonchev–Trinajstić information content (AvgIpc) is 2.39. The van der Waals surface area contributed by atoms with Crippen molar-refractivity contribution in [3.05, 3.63) is 35.4 Å². The van der Waals surface area contributed by atoms with Gasteiger partial charge in [0.2, 0.25) is 0 Å². The molecule has 3 rings (SSSR count). The van der Waals surface area contributed by atoms with Gasteiger partial charge in [-0.3, -0.25) is 0 Å². The Balaban J connectivity index is 2.15. The Kier molecular flexibility index (Phi) is 2.55. The Bertz CT molecular complexity index is 425. The van der Waals surface area contributed by atoms with Crippen LogP contribution in [0.3, 0.4) is 0 Å². The van der Waals surface area contributed by atoms with Crippen LogP contribution in [-0.4, -0.2) is 6.54 Å². The largest absolute Gasteiger partial charge is 0.307 e. The summed E-state index contributed by atoms with van der Waals surface area (Å²) in [4.78, 5) is 0. The van der Waals surface area contributed by atoms with E-state index in [0.29, 0.717) is 5.41 Å². The van der Waals surface area contributed by atoms with E-state index in [1.54, 1.807) is 11.1 Å². The third kappa shape index (κ3) is 1.41. The molecular weight excluding hydrogens is 206 g/mol. The predicted octanol–water partition coefficient (Wildman–Crippen LogP) is 3.63. The van der Waals surface area contributed by atoms with Crippen molar-refractivity contribution in [2.75, 3.05) is 6.54 Å². The average molecular weight is 229 g/mol. The Morgan fingerprint density at radius 3 is 2.88 bits per heavy atom. The van der Waals surface area contributed by atoms with Gasteiger partial charge in [0.25, 0.3) is 0 Å². The van der Waals surface area contributed by atoms with E-state index in [0.717, 1.165) is 0 Å². The number of hydrogen-bond donors (Lipinski definition) is 1. The first-order valence-electron chi connectivity index (χ1n) is 7.05. The maximum absolute atomic E-state index is 3.85. The third-order valence-corrected chi connectivity index (χ3v) is 5.48. The highest BCUT2D eigenvalue weighted by Gasteiger charge is 2.51. The van der Waals surface area contributed by atoms with Crippen molar-refractivity contribution in [1.29, 1.82) is 0 Å². The molecule has 1 nitrogen and oxygen atoms in total. The first kappa shape index (κ1) is 11.3. The molecule has 92 valence electrons. The molecule has 0 saturated carbocycles. The standard InChI is InChI=1S/C16H23N/c1-3-16-10-6-12-17-15(16,2)14-8-5-4-7-13(14)9-11-16/h4-5,7-8,17H,3,6,9-12H2,1-2H3/t15-,16+/m0/s1. The Morgan fingerprint density at radius 2 is 2.06 bits per heavy atom. The van der Waals surface area contributed by atoms with Gasteiger partial charge in [-0.2, -0.15) is 0 Å². The van der Waals surface area contributed by atoms with Gasteiger partial charge in [0.15, 0.2) is 0 Å². The smallest absolute Gasteiger partial charge is 0.0465 e. The second-order valence-corrected chi connectivity index (χ2v) is 5.95. The fourth-order valence-electron chi connectivity index (χ4n) is 4.27. The van der Waals surface area contributed by atoms with Crippen LogP contribution >= 0.6 is 0 Å². The van der Waals surface area contributed by atoms with Gasteiger partial charge >= 0.3 is 0 Å². The van der Waals surface area contributed by atoms with E-state index in [1.165, 1.54) is 38.6 Å². The zero-order valence-electron chi connectivity index (χ0n) is 11.1. The number of piperidine rings is 1. The van der Waals surface area contributed by atoms with Crippen molar-refractivity contribution in [1.82, 2.24) is 5.32 Å². The summed E-state index contributed by atoms with van der Waals surface area (Å²) in [6.07, 6.45) is 6.64. The molecule has 0 spiro atoms. The van der Waals surface area contributed by atoms with E-state index in [-0.39, 0.29) is 5.54 Å². The van der Waals surface area contributed by atoms with Crippen LogP contribution < -0.4 is 5.32 Å². The topological polar surface area (TPSA) is 12.0 Å².